The Labute approximate surface area is 201 Å². The summed E-state index contributed by atoms with van der Waals surface area (Å²) in [7, 11) is -3.75. The van der Waals surface area contributed by atoms with E-state index in [0.29, 0.717) is 17.3 Å². The van der Waals surface area contributed by atoms with Crippen molar-refractivity contribution in [2.45, 2.75) is 40.3 Å². The lowest BCUT2D eigenvalue weighted by Crippen LogP contribution is -2.51. The molecule has 2 amide bonds. The number of nitrogens with one attached hydrogen (secondary N) is 1. The summed E-state index contributed by atoms with van der Waals surface area (Å²) in [6.07, 6.45) is 1.06. The lowest BCUT2D eigenvalue weighted by Gasteiger charge is -2.32. The molecule has 9 heteroatoms. The van der Waals surface area contributed by atoms with Crippen LogP contribution in [0.3, 0.4) is 0 Å². The minimum absolute atomic E-state index is 0.112. The average molecular weight is 494 g/mol. The Morgan fingerprint density at radius 3 is 2.30 bits per heavy atom. The number of amides is 2. The molecule has 1 atom stereocenters. The van der Waals surface area contributed by atoms with Gasteiger partial charge in [-0.2, -0.15) is 0 Å². The fraction of sp³-hybridized carbons (Fsp3) is 0.417. The zero-order valence-corrected chi connectivity index (χ0v) is 21.3. The molecule has 0 radical (unpaired) electrons. The van der Waals surface area contributed by atoms with Gasteiger partial charge < -0.3 is 10.2 Å². The van der Waals surface area contributed by atoms with Gasteiger partial charge in [0.05, 0.1) is 11.9 Å². The van der Waals surface area contributed by atoms with E-state index in [4.69, 9.17) is 11.6 Å². The van der Waals surface area contributed by atoms with Crippen LogP contribution in [0.5, 0.6) is 0 Å². The summed E-state index contributed by atoms with van der Waals surface area (Å²) in [6, 6.07) is 13.2. The van der Waals surface area contributed by atoms with Crippen LogP contribution in [-0.2, 0) is 26.2 Å². The maximum Gasteiger partial charge on any atom is 0.244 e. The van der Waals surface area contributed by atoms with E-state index in [9.17, 15) is 18.0 Å². The maximum absolute atomic E-state index is 13.5. The Morgan fingerprint density at radius 1 is 1.06 bits per heavy atom. The van der Waals surface area contributed by atoms with Crippen LogP contribution in [0.25, 0.3) is 0 Å². The first kappa shape index (κ1) is 26.7. The Bertz CT molecular complexity index is 1090. The molecule has 7 nitrogen and oxygen atoms in total. The van der Waals surface area contributed by atoms with Gasteiger partial charge in [-0.1, -0.05) is 55.8 Å². The fourth-order valence-electron chi connectivity index (χ4n) is 3.31. The summed E-state index contributed by atoms with van der Waals surface area (Å²) < 4.78 is 26.2. The van der Waals surface area contributed by atoms with E-state index in [0.717, 1.165) is 21.7 Å². The highest BCUT2D eigenvalue weighted by Crippen LogP contribution is 2.23. The second-order valence-corrected chi connectivity index (χ2v) is 10.9. The molecule has 2 rings (SSSR count). The molecule has 33 heavy (non-hydrogen) atoms. The number of aryl methyl sites for hydroxylation is 1. The first-order valence-electron chi connectivity index (χ1n) is 10.7. The molecular formula is C24H32ClN3O4S. The summed E-state index contributed by atoms with van der Waals surface area (Å²) in [5.41, 5.74) is 1.88. The second-order valence-electron chi connectivity index (χ2n) is 8.52. The van der Waals surface area contributed by atoms with Gasteiger partial charge in [-0.05, 0) is 49.1 Å². The first-order valence-corrected chi connectivity index (χ1v) is 13.0. The number of para-hydroxylation sites is 1. The van der Waals surface area contributed by atoms with Crippen molar-refractivity contribution in [3.63, 3.8) is 0 Å². The van der Waals surface area contributed by atoms with Crippen molar-refractivity contribution in [1.82, 2.24) is 10.2 Å². The third kappa shape index (κ3) is 7.75. The van der Waals surface area contributed by atoms with E-state index >= 15 is 0 Å². The molecule has 0 heterocycles. The highest BCUT2D eigenvalue weighted by atomic mass is 35.5. The van der Waals surface area contributed by atoms with Crippen molar-refractivity contribution in [2.24, 2.45) is 5.92 Å². The molecule has 0 saturated heterocycles. The monoisotopic (exact) mass is 493 g/mol. The molecule has 0 bridgehead atoms. The van der Waals surface area contributed by atoms with Crippen LogP contribution in [0.4, 0.5) is 5.69 Å². The van der Waals surface area contributed by atoms with Crippen LogP contribution in [0.15, 0.2) is 48.5 Å². The quantitative estimate of drug-likeness (QED) is 0.547. The van der Waals surface area contributed by atoms with Crippen LogP contribution in [0.1, 0.15) is 31.9 Å². The van der Waals surface area contributed by atoms with Crippen molar-refractivity contribution >= 4 is 39.1 Å². The Balaban J connectivity index is 2.38. The van der Waals surface area contributed by atoms with E-state index in [2.05, 4.69) is 5.32 Å². The minimum atomic E-state index is -3.75. The summed E-state index contributed by atoms with van der Waals surface area (Å²) in [5.74, 6) is -0.545. The summed E-state index contributed by atoms with van der Waals surface area (Å²) in [4.78, 5) is 27.6. The Kier molecular flexibility index (Phi) is 9.31. The molecule has 1 N–H and O–H groups in total. The van der Waals surface area contributed by atoms with Crippen molar-refractivity contribution in [2.75, 3.05) is 23.7 Å². The van der Waals surface area contributed by atoms with Gasteiger partial charge in [0.25, 0.3) is 0 Å². The normalized spacial score (nSPS) is 12.3. The zero-order chi connectivity index (χ0) is 24.8. The molecule has 0 aromatic heterocycles. The third-order valence-corrected chi connectivity index (χ3v) is 6.52. The van der Waals surface area contributed by atoms with Crippen LogP contribution in [-0.4, -0.2) is 50.5 Å². The second kappa shape index (κ2) is 11.5. The van der Waals surface area contributed by atoms with Gasteiger partial charge in [0.2, 0.25) is 21.8 Å². The number of halogens is 1. The number of nitrogens with zero attached hydrogens (tertiary/aromatic N) is 2. The first-order chi connectivity index (χ1) is 15.4. The fourth-order valence-corrected chi connectivity index (χ4v) is 4.43. The third-order valence-electron chi connectivity index (χ3n) is 5.16. The number of anilines is 1. The van der Waals surface area contributed by atoms with Gasteiger partial charge in [0, 0.05) is 18.1 Å². The number of rotatable bonds is 10. The smallest absolute Gasteiger partial charge is 0.244 e. The van der Waals surface area contributed by atoms with Crippen molar-refractivity contribution in [3.8, 4) is 0 Å². The highest BCUT2D eigenvalue weighted by Gasteiger charge is 2.30. The average Bonchev–Trinajstić information content (AvgIpc) is 2.73. The number of carbonyl (C=O) groups excluding carboxylic acids is 2. The van der Waals surface area contributed by atoms with Crippen molar-refractivity contribution in [1.29, 1.82) is 0 Å². The van der Waals surface area contributed by atoms with Crippen LogP contribution < -0.4 is 9.62 Å². The summed E-state index contributed by atoms with van der Waals surface area (Å²) in [6.45, 7) is 7.53. The van der Waals surface area contributed by atoms with E-state index in [1.807, 2.05) is 13.8 Å². The van der Waals surface area contributed by atoms with Crippen molar-refractivity contribution in [3.05, 3.63) is 64.7 Å². The molecule has 1 unspecified atom stereocenters. The van der Waals surface area contributed by atoms with Crippen LogP contribution in [0.2, 0.25) is 5.02 Å². The van der Waals surface area contributed by atoms with E-state index in [1.165, 1.54) is 4.90 Å². The molecule has 0 aliphatic rings. The minimum Gasteiger partial charge on any atom is -0.354 e. The van der Waals surface area contributed by atoms with E-state index in [-0.39, 0.29) is 18.4 Å². The maximum atomic E-state index is 13.5. The Hall–Kier alpha value is -2.58. The Morgan fingerprint density at radius 2 is 1.73 bits per heavy atom. The molecule has 0 aliphatic heterocycles. The molecule has 2 aromatic rings. The van der Waals surface area contributed by atoms with Gasteiger partial charge in [0.1, 0.15) is 12.6 Å². The molecule has 0 fully saturated rings. The molecule has 0 spiro atoms. The number of sulfonamides is 1. The number of hydrogen-bond donors (Lipinski definition) is 1. The van der Waals surface area contributed by atoms with E-state index < -0.39 is 28.5 Å². The molecule has 2 aromatic carbocycles. The summed E-state index contributed by atoms with van der Waals surface area (Å²) in [5, 5.41) is 3.36. The molecule has 0 aliphatic carbocycles. The predicted molar refractivity (Wildman–Crippen MR) is 133 cm³/mol. The standard InChI is InChI=1S/C24H32ClN3O4S/c1-17(2)14-26-24(30)19(4)27(15-20-10-8-11-21(25)13-20)23(29)16-28(33(5,31)32)22-12-7-6-9-18(22)3/h6-13,17,19H,14-16H2,1-5H3,(H,26,30). The van der Waals surface area contributed by atoms with Gasteiger partial charge in [0.15, 0.2) is 0 Å². The molecule has 0 saturated carbocycles. The number of hydrogen-bond acceptors (Lipinski definition) is 4. The van der Waals surface area contributed by atoms with Gasteiger partial charge in [-0.15, -0.1) is 0 Å². The molecular weight excluding hydrogens is 462 g/mol. The lowest BCUT2D eigenvalue weighted by molar-refractivity contribution is -0.139. The predicted octanol–water partition coefficient (Wildman–Crippen LogP) is 3.60. The van der Waals surface area contributed by atoms with Gasteiger partial charge in [-0.3, -0.25) is 13.9 Å². The number of carbonyl (C=O) groups is 2. The lowest BCUT2D eigenvalue weighted by atomic mass is 10.1. The number of benzene rings is 2. The largest absolute Gasteiger partial charge is 0.354 e. The van der Waals surface area contributed by atoms with Crippen LogP contribution in [0, 0.1) is 12.8 Å². The van der Waals surface area contributed by atoms with Crippen LogP contribution >= 0.6 is 11.6 Å². The topological polar surface area (TPSA) is 86.8 Å². The van der Waals surface area contributed by atoms with Gasteiger partial charge in [-0.25, -0.2) is 8.42 Å². The molecule has 180 valence electrons. The SMILES string of the molecule is Cc1ccccc1N(CC(=O)N(Cc1cccc(Cl)c1)C(C)C(=O)NCC(C)C)S(C)(=O)=O. The van der Waals surface area contributed by atoms with E-state index in [1.54, 1.807) is 62.4 Å². The van der Waals surface area contributed by atoms with Gasteiger partial charge >= 0.3 is 0 Å². The highest BCUT2D eigenvalue weighted by molar-refractivity contribution is 7.92. The summed E-state index contributed by atoms with van der Waals surface area (Å²) >= 11 is 6.11. The zero-order valence-electron chi connectivity index (χ0n) is 19.7. The van der Waals surface area contributed by atoms with Crippen molar-refractivity contribution < 1.29 is 18.0 Å².